The van der Waals surface area contributed by atoms with E-state index >= 15 is 0 Å². The molecule has 0 bridgehead atoms. The summed E-state index contributed by atoms with van der Waals surface area (Å²) in [5.74, 6) is 1.12. The van der Waals surface area contributed by atoms with Crippen molar-refractivity contribution < 1.29 is 13.9 Å². The molecule has 0 atom stereocenters. The molecule has 0 amide bonds. The predicted molar refractivity (Wildman–Crippen MR) is 74.1 cm³/mol. The van der Waals surface area contributed by atoms with E-state index in [1.807, 2.05) is 6.07 Å². The topological polar surface area (TPSA) is 18.5 Å². The van der Waals surface area contributed by atoms with Crippen molar-refractivity contribution in [3.8, 4) is 11.5 Å². The molecule has 2 aromatic rings. The second-order valence-electron chi connectivity index (χ2n) is 4.40. The van der Waals surface area contributed by atoms with Crippen molar-refractivity contribution in [2.45, 2.75) is 13.0 Å². The Balaban J connectivity index is 1.81. The summed E-state index contributed by atoms with van der Waals surface area (Å²) in [7, 11) is 0. The smallest absolute Gasteiger partial charge is 0.129 e. The van der Waals surface area contributed by atoms with Gasteiger partial charge in [-0.05, 0) is 29.8 Å². The van der Waals surface area contributed by atoms with Gasteiger partial charge in [0.2, 0.25) is 0 Å². The Bertz CT molecular complexity index is 613. The van der Waals surface area contributed by atoms with Crippen molar-refractivity contribution in [1.29, 1.82) is 0 Å². The Labute approximate surface area is 119 Å². The van der Waals surface area contributed by atoms with Gasteiger partial charge in [-0.3, -0.25) is 0 Å². The third-order valence-corrected chi connectivity index (χ3v) is 3.47. The molecule has 3 rings (SSSR count). The summed E-state index contributed by atoms with van der Waals surface area (Å²) in [4.78, 5) is 0. The van der Waals surface area contributed by atoms with Crippen molar-refractivity contribution >= 4 is 15.9 Å². The van der Waals surface area contributed by atoms with Gasteiger partial charge in [0.05, 0.1) is 6.61 Å². The number of hydrogen-bond donors (Lipinski definition) is 0. The van der Waals surface area contributed by atoms with E-state index in [1.54, 1.807) is 12.1 Å². The zero-order valence-electron chi connectivity index (χ0n) is 10.2. The summed E-state index contributed by atoms with van der Waals surface area (Å²) >= 11 is 3.48. The highest BCUT2D eigenvalue weighted by molar-refractivity contribution is 9.10. The molecule has 1 heterocycles. The van der Waals surface area contributed by atoms with Gasteiger partial charge in [-0.15, -0.1) is 0 Å². The van der Waals surface area contributed by atoms with Crippen LogP contribution in [-0.4, -0.2) is 6.61 Å². The summed E-state index contributed by atoms with van der Waals surface area (Å²) < 4.78 is 25.3. The number of halogens is 2. The van der Waals surface area contributed by atoms with E-state index in [-0.39, 0.29) is 5.82 Å². The van der Waals surface area contributed by atoms with Crippen molar-refractivity contribution in [1.82, 2.24) is 0 Å². The Hall–Kier alpha value is -1.55. The molecular weight excluding hydrogens is 311 g/mol. The van der Waals surface area contributed by atoms with Gasteiger partial charge in [0.25, 0.3) is 0 Å². The largest absolute Gasteiger partial charge is 0.493 e. The summed E-state index contributed by atoms with van der Waals surface area (Å²) in [5.41, 5.74) is 2.17. The van der Waals surface area contributed by atoms with E-state index in [9.17, 15) is 4.39 Å². The van der Waals surface area contributed by atoms with Crippen LogP contribution in [0.5, 0.6) is 11.5 Å². The van der Waals surface area contributed by atoms with Crippen LogP contribution in [-0.2, 0) is 13.0 Å². The average Bonchev–Trinajstić information content (AvgIpc) is 2.84. The van der Waals surface area contributed by atoms with Gasteiger partial charge in [-0.1, -0.05) is 22.0 Å². The first-order valence-electron chi connectivity index (χ1n) is 6.05. The summed E-state index contributed by atoms with van der Waals surface area (Å²) in [6.07, 6.45) is 0.918. The standard InChI is InChI=1S/C15H12BrFO2/c16-12-6-10-4-5-18-15(10)11(7-12)9-19-14-3-1-2-13(17)8-14/h1-3,6-8H,4-5,9H2. The third-order valence-electron chi connectivity index (χ3n) is 3.02. The molecule has 19 heavy (non-hydrogen) atoms. The molecule has 0 radical (unpaired) electrons. The van der Waals surface area contributed by atoms with Gasteiger partial charge in [0.1, 0.15) is 23.9 Å². The SMILES string of the molecule is Fc1cccc(OCc2cc(Br)cc3c2OCC3)c1. The molecular formula is C15H12BrFO2. The van der Waals surface area contributed by atoms with Gasteiger partial charge in [-0.2, -0.15) is 0 Å². The quantitative estimate of drug-likeness (QED) is 0.847. The molecule has 4 heteroatoms. The third kappa shape index (κ3) is 2.73. The molecule has 2 aromatic carbocycles. The minimum atomic E-state index is -0.298. The van der Waals surface area contributed by atoms with Gasteiger partial charge >= 0.3 is 0 Å². The maximum Gasteiger partial charge on any atom is 0.129 e. The first-order valence-corrected chi connectivity index (χ1v) is 6.84. The Kier molecular flexibility index (Phi) is 3.42. The second kappa shape index (κ2) is 5.21. The van der Waals surface area contributed by atoms with Crippen LogP contribution in [0.25, 0.3) is 0 Å². The first-order chi connectivity index (χ1) is 9.22. The molecule has 1 aliphatic rings. The molecule has 1 aliphatic heterocycles. The number of ether oxygens (including phenoxy) is 2. The van der Waals surface area contributed by atoms with Crippen LogP contribution >= 0.6 is 15.9 Å². The molecule has 0 aliphatic carbocycles. The van der Waals surface area contributed by atoms with Crippen LogP contribution in [0.15, 0.2) is 40.9 Å². The highest BCUT2D eigenvalue weighted by Gasteiger charge is 2.17. The monoisotopic (exact) mass is 322 g/mol. The highest BCUT2D eigenvalue weighted by atomic mass is 79.9. The zero-order chi connectivity index (χ0) is 13.2. The van der Waals surface area contributed by atoms with Crippen LogP contribution in [0.3, 0.4) is 0 Å². The van der Waals surface area contributed by atoms with Crippen molar-refractivity contribution in [3.63, 3.8) is 0 Å². The Morgan fingerprint density at radius 3 is 3.00 bits per heavy atom. The van der Waals surface area contributed by atoms with E-state index in [2.05, 4.69) is 22.0 Å². The van der Waals surface area contributed by atoms with E-state index in [0.29, 0.717) is 19.0 Å². The zero-order valence-corrected chi connectivity index (χ0v) is 11.7. The molecule has 0 fully saturated rings. The molecule has 0 N–H and O–H groups in total. The normalized spacial score (nSPS) is 12.9. The molecule has 0 unspecified atom stereocenters. The number of benzene rings is 2. The van der Waals surface area contributed by atoms with Crippen molar-refractivity contribution in [2.24, 2.45) is 0 Å². The van der Waals surface area contributed by atoms with Gasteiger partial charge in [0.15, 0.2) is 0 Å². The summed E-state index contributed by atoms with van der Waals surface area (Å²) in [6, 6.07) is 10.2. The van der Waals surface area contributed by atoms with Crippen molar-refractivity contribution in [2.75, 3.05) is 6.61 Å². The summed E-state index contributed by atoms with van der Waals surface area (Å²) in [5, 5.41) is 0. The van der Waals surface area contributed by atoms with Crippen LogP contribution in [0.4, 0.5) is 4.39 Å². The predicted octanol–water partition coefficient (Wildman–Crippen LogP) is 4.10. The fraction of sp³-hybridized carbons (Fsp3) is 0.200. The van der Waals surface area contributed by atoms with E-state index in [4.69, 9.17) is 9.47 Å². The molecule has 0 saturated heterocycles. The minimum absolute atomic E-state index is 0.298. The Morgan fingerprint density at radius 2 is 2.16 bits per heavy atom. The summed E-state index contributed by atoms with van der Waals surface area (Å²) in [6.45, 7) is 1.07. The van der Waals surface area contributed by atoms with Crippen molar-refractivity contribution in [3.05, 3.63) is 57.8 Å². The molecule has 0 spiro atoms. The molecule has 98 valence electrons. The maximum absolute atomic E-state index is 13.1. The number of fused-ring (bicyclic) bond motifs is 1. The fourth-order valence-corrected chi connectivity index (χ4v) is 2.72. The lowest BCUT2D eigenvalue weighted by Crippen LogP contribution is -1.99. The van der Waals surface area contributed by atoms with Crippen LogP contribution in [0.2, 0.25) is 0 Å². The molecule has 2 nitrogen and oxygen atoms in total. The molecule has 0 aromatic heterocycles. The maximum atomic E-state index is 13.1. The van der Waals surface area contributed by atoms with Gasteiger partial charge in [0, 0.05) is 22.5 Å². The van der Waals surface area contributed by atoms with E-state index in [1.165, 1.54) is 17.7 Å². The van der Waals surface area contributed by atoms with Crippen LogP contribution in [0.1, 0.15) is 11.1 Å². The van der Waals surface area contributed by atoms with Crippen LogP contribution in [0, 0.1) is 5.82 Å². The number of hydrogen-bond acceptors (Lipinski definition) is 2. The first kappa shape index (κ1) is 12.5. The van der Waals surface area contributed by atoms with Gasteiger partial charge in [-0.25, -0.2) is 4.39 Å². The second-order valence-corrected chi connectivity index (χ2v) is 5.31. The minimum Gasteiger partial charge on any atom is -0.493 e. The van der Waals surface area contributed by atoms with E-state index < -0.39 is 0 Å². The molecule has 0 saturated carbocycles. The lowest BCUT2D eigenvalue weighted by atomic mass is 10.1. The fourth-order valence-electron chi connectivity index (χ4n) is 2.17. The van der Waals surface area contributed by atoms with Crippen LogP contribution < -0.4 is 9.47 Å². The lowest BCUT2D eigenvalue weighted by Gasteiger charge is -2.11. The Morgan fingerprint density at radius 1 is 1.26 bits per heavy atom. The number of rotatable bonds is 3. The van der Waals surface area contributed by atoms with Gasteiger partial charge < -0.3 is 9.47 Å². The highest BCUT2D eigenvalue weighted by Crippen LogP contribution is 2.33. The van der Waals surface area contributed by atoms with E-state index in [0.717, 1.165) is 22.2 Å². The average molecular weight is 323 g/mol. The lowest BCUT2D eigenvalue weighted by molar-refractivity contribution is 0.290.